The Morgan fingerprint density at radius 2 is 2.09 bits per heavy atom. The van der Waals surface area contributed by atoms with E-state index < -0.39 is 5.97 Å². The topological polar surface area (TPSA) is 71.1 Å². The summed E-state index contributed by atoms with van der Waals surface area (Å²) in [4.78, 5) is 27.6. The number of nitrogens with zero attached hydrogens (tertiary/aromatic N) is 2. The quantitative estimate of drug-likeness (QED) is 0.827. The first kappa shape index (κ1) is 17.2. The first-order chi connectivity index (χ1) is 11.1. The van der Waals surface area contributed by atoms with Gasteiger partial charge in [-0.05, 0) is 18.2 Å². The van der Waals surface area contributed by atoms with Crippen molar-refractivity contribution in [2.75, 3.05) is 58.9 Å². The minimum atomic E-state index is -0.429. The molecule has 1 fully saturated rings. The summed E-state index contributed by atoms with van der Waals surface area (Å²) in [6, 6.07) is 6.47. The minimum absolute atomic E-state index is 0.208. The van der Waals surface area contributed by atoms with Gasteiger partial charge in [-0.15, -0.1) is 0 Å². The van der Waals surface area contributed by atoms with Crippen molar-refractivity contribution in [1.29, 1.82) is 0 Å². The van der Waals surface area contributed by atoms with E-state index in [0.717, 1.165) is 32.8 Å². The van der Waals surface area contributed by atoms with E-state index in [2.05, 4.69) is 15.0 Å². The molecule has 1 N–H and O–H groups in total. The Kier molecular flexibility index (Phi) is 6.37. The summed E-state index contributed by atoms with van der Waals surface area (Å²) < 4.78 is 9.97. The predicted octanol–water partition coefficient (Wildman–Crippen LogP) is 1.27. The fourth-order valence-corrected chi connectivity index (χ4v) is 2.28. The molecule has 1 aliphatic heterocycles. The first-order valence-electron chi connectivity index (χ1n) is 7.61. The Hall–Kier alpha value is -2.12. The predicted molar refractivity (Wildman–Crippen MR) is 86.7 cm³/mol. The molecule has 1 saturated heterocycles. The van der Waals surface area contributed by atoms with Crippen LogP contribution >= 0.6 is 0 Å². The van der Waals surface area contributed by atoms with Gasteiger partial charge in [-0.2, -0.15) is 0 Å². The van der Waals surface area contributed by atoms with E-state index in [4.69, 9.17) is 4.74 Å². The molecule has 0 spiro atoms. The van der Waals surface area contributed by atoms with E-state index in [9.17, 15) is 9.59 Å². The van der Waals surface area contributed by atoms with Gasteiger partial charge in [0.2, 0.25) is 0 Å². The molecule has 7 nitrogen and oxygen atoms in total. The van der Waals surface area contributed by atoms with Crippen LogP contribution in [0.15, 0.2) is 24.3 Å². The molecular formula is C16H23N3O4. The molecule has 0 aliphatic carbocycles. The largest absolute Gasteiger partial charge is 0.465 e. The van der Waals surface area contributed by atoms with Crippen molar-refractivity contribution in [2.45, 2.75) is 0 Å². The second kappa shape index (κ2) is 8.50. The summed E-state index contributed by atoms with van der Waals surface area (Å²) in [6.45, 7) is 4.73. The molecular weight excluding hydrogens is 298 g/mol. The van der Waals surface area contributed by atoms with Gasteiger partial charge in [-0.25, -0.2) is 9.59 Å². The zero-order valence-electron chi connectivity index (χ0n) is 13.6. The molecule has 0 unspecified atom stereocenters. The van der Waals surface area contributed by atoms with E-state index in [1.54, 1.807) is 36.2 Å². The Morgan fingerprint density at radius 1 is 1.35 bits per heavy atom. The molecule has 23 heavy (non-hydrogen) atoms. The fraction of sp³-hybridized carbons (Fsp3) is 0.500. The van der Waals surface area contributed by atoms with Crippen molar-refractivity contribution in [3.63, 3.8) is 0 Å². The molecule has 1 heterocycles. The summed E-state index contributed by atoms with van der Waals surface area (Å²) in [6.07, 6.45) is 0. The smallest absolute Gasteiger partial charge is 0.337 e. The maximum Gasteiger partial charge on any atom is 0.337 e. The van der Waals surface area contributed by atoms with Crippen molar-refractivity contribution >= 4 is 17.7 Å². The molecule has 1 aliphatic rings. The van der Waals surface area contributed by atoms with Gasteiger partial charge < -0.3 is 19.7 Å². The van der Waals surface area contributed by atoms with Crippen molar-refractivity contribution in [2.24, 2.45) is 0 Å². The minimum Gasteiger partial charge on any atom is -0.465 e. The highest BCUT2D eigenvalue weighted by atomic mass is 16.5. The third kappa shape index (κ3) is 5.22. The molecule has 1 aromatic rings. The molecule has 0 saturated carbocycles. The van der Waals surface area contributed by atoms with Crippen LogP contribution in [0.5, 0.6) is 0 Å². The number of carbonyl (C=O) groups excluding carboxylic acids is 2. The molecule has 0 radical (unpaired) electrons. The number of ether oxygens (including phenoxy) is 2. The van der Waals surface area contributed by atoms with Crippen LogP contribution in [0, 0.1) is 0 Å². The summed E-state index contributed by atoms with van der Waals surface area (Å²) in [7, 11) is 3.08. The lowest BCUT2D eigenvalue weighted by atomic mass is 10.2. The lowest BCUT2D eigenvalue weighted by Crippen LogP contribution is -2.42. The van der Waals surface area contributed by atoms with Crippen LogP contribution in [0.4, 0.5) is 10.5 Å². The van der Waals surface area contributed by atoms with Gasteiger partial charge >= 0.3 is 12.0 Å². The van der Waals surface area contributed by atoms with E-state index in [1.165, 1.54) is 7.11 Å². The summed E-state index contributed by atoms with van der Waals surface area (Å²) in [5.74, 6) is -0.429. The molecule has 1 aromatic carbocycles. The number of likely N-dealkylation sites (N-methyl/N-ethyl adjacent to an activating group) is 1. The Labute approximate surface area is 136 Å². The number of esters is 1. The standard InChI is InChI=1S/C16H23N3O4/c1-18(6-7-19-8-10-23-11-9-19)16(21)17-14-5-3-4-13(12-14)15(20)22-2/h3-5,12H,6-11H2,1-2H3,(H,17,21). The second-order valence-electron chi connectivity index (χ2n) is 5.38. The number of urea groups is 1. The van der Waals surface area contributed by atoms with Crippen molar-refractivity contribution in [1.82, 2.24) is 9.80 Å². The van der Waals surface area contributed by atoms with Crippen molar-refractivity contribution in [3.05, 3.63) is 29.8 Å². The highest BCUT2D eigenvalue weighted by molar-refractivity contribution is 5.93. The van der Waals surface area contributed by atoms with E-state index in [-0.39, 0.29) is 6.03 Å². The Morgan fingerprint density at radius 3 is 2.78 bits per heavy atom. The second-order valence-corrected chi connectivity index (χ2v) is 5.38. The number of nitrogens with one attached hydrogen (secondary N) is 1. The summed E-state index contributed by atoms with van der Waals surface area (Å²) in [5.41, 5.74) is 0.970. The van der Waals surface area contributed by atoms with Crippen molar-refractivity contribution < 1.29 is 19.1 Å². The van der Waals surface area contributed by atoms with Crippen LogP contribution < -0.4 is 5.32 Å². The summed E-state index contributed by atoms with van der Waals surface area (Å²) >= 11 is 0. The van der Waals surface area contributed by atoms with Gasteiger partial charge in [0.25, 0.3) is 0 Å². The van der Waals surface area contributed by atoms with E-state index >= 15 is 0 Å². The Bertz CT molecular complexity index is 544. The van der Waals surface area contributed by atoms with Gasteiger partial charge in [-0.1, -0.05) is 6.07 Å². The van der Waals surface area contributed by atoms with Gasteiger partial charge in [0, 0.05) is 38.9 Å². The zero-order valence-corrected chi connectivity index (χ0v) is 13.6. The van der Waals surface area contributed by atoms with Gasteiger partial charge in [0.1, 0.15) is 0 Å². The lowest BCUT2D eigenvalue weighted by molar-refractivity contribution is 0.0359. The molecule has 2 amide bonds. The van der Waals surface area contributed by atoms with Crippen LogP contribution in [0.25, 0.3) is 0 Å². The van der Waals surface area contributed by atoms with Crippen LogP contribution in [-0.2, 0) is 9.47 Å². The van der Waals surface area contributed by atoms with Crippen LogP contribution in [0.1, 0.15) is 10.4 Å². The number of hydrogen-bond donors (Lipinski definition) is 1. The molecule has 7 heteroatoms. The molecule has 0 atom stereocenters. The van der Waals surface area contributed by atoms with Gasteiger partial charge in [-0.3, -0.25) is 4.90 Å². The number of anilines is 1. The molecule has 0 aromatic heterocycles. The van der Waals surface area contributed by atoms with Crippen LogP contribution in [0.3, 0.4) is 0 Å². The van der Waals surface area contributed by atoms with Crippen molar-refractivity contribution in [3.8, 4) is 0 Å². The molecule has 0 bridgehead atoms. The highest BCUT2D eigenvalue weighted by Gasteiger charge is 2.14. The van der Waals surface area contributed by atoms with Crippen LogP contribution in [-0.4, -0.2) is 75.4 Å². The normalized spacial score (nSPS) is 15.0. The number of methoxy groups -OCH3 is 1. The molecule has 126 valence electrons. The number of morpholine rings is 1. The SMILES string of the molecule is COC(=O)c1cccc(NC(=O)N(C)CCN2CCOCC2)c1. The van der Waals surface area contributed by atoms with Gasteiger partial charge in [0.15, 0.2) is 0 Å². The Balaban J connectivity index is 1.84. The number of carbonyl (C=O) groups is 2. The average Bonchev–Trinajstić information content (AvgIpc) is 2.60. The van der Waals surface area contributed by atoms with E-state index in [1.807, 2.05) is 0 Å². The summed E-state index contributed by atoms with van der Waals surface area (Å²) in [5, 5.41) is 2.78. The first-order valence-corrected chi connectivity index (χ1v) is 7.61. The third-order valence-electron chi connectivity index (χ3n) is 3.74. The highest BCUT2D eigenvalue weighted by Crippen LogP contribution is 2.12. The zero-order chi connectivity index (χ0) is 16.7. The van der Waals surface area contributed by atoms with E-state index in [0.29, 0.717) is 17.8 Å². The third-order valence-corrected chi connectivity index (χ3v) is 3.74. The molecule has 2 rings (SSSR count). The fourth-order valence-electron chi connectivity index (χ4n) is 2.28. The maximum atomic E-state index is 12.2. The number of amides is 2. The maximum absolute atomic E-state index is 12.2. The average molecular weight is 321 g/mol. The monoisotopic (exact) mass is 321 g/mol. The lowest BCUT2D eigenvalue weighted by Gasteiger charge is -2.28. The number of rotatable bonds is 5. The number of hydrogen-bond acceptors (Lipinski definition) is 5. The van der Waals surface area contributed by atoms with Crippen LogP contribution in [0.2, 0.25) is 0 Å². The number of benzene rings is 1. The van der Waals surface area contributed by atoms with Gasteiger partial charge in [0.05, 0.1) is 25.9 Å².